The first-order chi connectivity index (χ1) is 12.5. The third-order valence-corrected chi connectivity index (χ3v) is 4.41. The topological polar surface area (TPSA) is 97.9 Å². The van der Waals surface area contributed by atoms with Gasteiger partial charge < -0.3 is 19.4 Å². The van der Waals surface area contributed by atoms with Crippen molar-refractivity contribution in [3.63, 3.8) is 0 Å². The van der Waals surface area contributed by atoms with E-state index in [9.17, 15) is 14.9 Å². The quantitative estimate of drug-likeness (QED) is 0.626. The summed E-state index contributed by atoms with van der Waals surface area (Å²) < 4.78 is 11.0. The van der Waals surface area contributed by atoms with Gasteiger partial charge in [-0.3, -0.25) is 10.1 Å². The van der Waals surface area contributed by atoms with Crippen molar-refractivity contribution in [3.8, 4) is 0 Å². The van der Waals surface area contributed by atoms with E-state index in [1.54, 1.807) is 42.4 Å². The molecule has 138 valence electrons. The number of carbonyl (C=O) groups is 1. The zero-order valence-corrected chi connectivity index (χ0v) is 14.5. The third kappa shape index (κ3) is 4.20. The van der Waals surface area contributed by atoms with E-state index in [1.807, 2.05) is 0 Å². The number of hydrogen-bond donors (Lipinski definition) is 1. The number of nitrogens with zero attached hydrogens (tertiary/aromatic N) is 2. The predicted octanol–water partition coefficient (Wildman–Crippen LogP) is 3.71. The standard InChI is InChI=1S/C18H21N3O5/c1-13-16(7-2-8-17(13)21(23)24)19-18(22)20(11-14-5-3-9-25-14)12-15-6-4-10-26-15/h2-3,5,7-9,15H,4,6,10-12H2,1H3,(H,19,22). The Labute approximate surface area is 150 Å². The van der Waals surface area contributed by atoms with Crippen LogP contribution < -0.4 is 5.32 Å². The number of furan rings is 1. The molecule has 2 aromatic rings. The molecule has 1 aliphatic heterocycles. The molecule has 2 amide bonds. The molecule has 0 radical (unpaired) electrons. The van der Waals surface area contributed by atoms with Gasteiger partial charge in [-0.1, -0.05) is 6.07 Å². The summed E-state index contributed by atoms with van der Waals surface area (Å²) in [6, 6.07) is 7.84. The van der Waals surface area contributed by atoms with Crippen LogP contribution in [0.25, 0.3) is 0 Å². The maximum Gasteiger partial charge on any atom is 0.322 e. The fourth-order valence-electron chi connectivity index (χ4n) is 2.99. The van der Waals surface area contributed by atoms with E-state index >= 15 is 0 Å². The van der Waals surface area contributed by atoms with E-state index in [-0.39, 0.29) is 17.8 Å². The van der Waals surface area contributed by atoms with E-state index in [0.29, 0.717) is 36.7 Å². The number of urea groups is 1. The number of nitro groups is 1. The van der Waals surface area contributed by atoms with Crippen LogP contribution in [0.2, 0.25) is 0 Å². The SMILES string of the molecule is Cc1c(NC(=O)N(Cc2ccco2)CC2CCCO2)cccc1[N+](=O)[O-]. The Morgan fingerprint density at radius 3 is 2.88 bits per heavy atom. The molecule has 1 N–H and O–H groups in total. The second-order valence-electron chi connectivity index (χ2n) is 6.23. The van der Waals surface area contributed by atoms with Gasteiger partial charge in [0.2, 0.25) is 0 Å². The van der Waals surface area contributed by atoms with Gasteiger partial charge in [0.05, 0.1) is 35.1 Å². The predicted molar refractivity (Wildman–Crippen MR) is 94.9 cm³/mol. The number of carbonyl (C=O) groups excluding carboxylic acids is 1. The molecular weight excluding hydrogens is 338 g/mol. The molecule has 0 aliphatic carbocycles. The van der Waals surface area contributed by atoms with Crippen molar-refractivity contribution >= 4 is 17.4 Å². The van der Waals surface area contributed by atoms with Crippen LogP contribution in [0.4, 0.5) is 16.2 Å². The first-order valence-corrected chi connectivity index (χ1v) is 8.48. The van der Waals surface area contributed by atoms with Crippen molar-refractivity contribution in [1.29, 1.82) is 0 Å². The number of anilines is 1. The molecule has 1 atom stereocenters. The van der Waals surface area contributed by atoms with Crippen LogP contribution in [0, 0.1) is 17.0 Å². The van der Waals surface area contributed by atoms with Crippen LogP contribution in [0.5, 0.6) is 0 Å². The van der Waals surface area contributed by atoms with Gasteiger partial charge >= 0.3 is 6.03 Å². The first kappa shape index (κ1) is 17.9. The molecule has 0 spiro atoms. The first-order valence-electron chi connectivity index (χ1n) is 8.48. The molecule has 1 fully saturated rings. The Kier molecular flexibility index (Phi) is 5.52. The van der Waals surface area contributed by atoms with Gasteiger partial charge in [-0.15, -0.1) is 0 Å². The highest BCUT2D eigenvalue weighted by molar-refractivity contribution is 5.90. The molecule has 26 heavy (non-hydrogen) atoms. The summed E-state index contributed by atoms with van der Waals surface area (Å²) in [6.07, 6.45) is 3.42. The van der Waals surface area contributed by atoms with Crippen molar-refractivity contribution in [1.82, 2.24) is 4.90 Å². The summed E-state index contributed by atoms with van der Waals surface area (Å²) in [5.41, 5.74) is 0.807. The van der Waals surface area contributed by atoms with Crippen LogP contribution in [0.15, 0.2) is 41.0 Å². The zero-order valence-electron chi connectivity index (χ0n) is 14.5. The lowest BCUT2D eigenvalue weighted by molar-refractivity contribution is -0.385. The molecule has 1 saturated heterocycles. The lowest BCUT2D eigenvalue weighted by Crippen LogP contribution is -2.39. The van der Waals surface area contributed by atoms with Crippen molar-refractivity contribution in [2.24, 2.45) is 0 Å². The number of hydrogen-bond acceptors (Lipinski definition) is 5. The summed E-state index contributed by atoms with van der Waals surface area (Å²) in [6.45, 7) is 3.04. The lowest BCUT2D eigenvalue weighted by atomic mass is 10.1. The Morgan fingerprint density at radius 1 is 1.38 bits per heavy atom. The highest BCUT2D eigenvalue weighted by Crippen LogP contribution is 2.25. The molecule has 8 heteroatoms. The fourth-order valence-corrected chi connectivity index (χ4v) is 2.99. The van der Waals surface area contributed by atoms with Crippen molar-refractivity contribution in [3.05, 3.63) is 58.0 Å². The molecule has 1 unspecified atom stereocenters. The van der Waals surface area contributed by atoms with Crippen molar-refractivity contribution in [2.45, 2.75) is 32.4 Å². The maximum absolute atomic E-state index is 12.8. The number of benzene rings is 1. The average Bonchev–Trinajstić information content (AvgIpc) is 3.29. The molecular formula is C18H21N3O5. The third-order valence-electron chi connectivity index (χ3n) is 4.41. The molecule has 0 saturated carbocycles. The number of nitro benzene ring substituents is 1. The van der Waals surface area contributed by atoms with Gasteiger partial charge in [0.15, 0.2) is 0 Å². The van der Waals surface area contributed by atoms with Gasteiger partial charge in [0, 0.05) is 19.2 Å². The van der Waals surface area contributed by atoms with E-state index in [0.717, 1.165) is 12.8 Å². The average molecular weight is 359 g/mol. The van der Waals surface area contributed by atoms with E-state index in [1.165, 1.54) is 6.07 Å². The monoisotopic (exact) mass is 359 g/mol. The van der Waals surface area contributed by atoms with Gasteiger partial charge in [-0.05, 0) is 38.0 Å². The molecule has 3 rings (SSSR count). The zero-order chi connectivity index (χ0) is 18.5. The largest absolute Gasteiger partial charge is 0.467 e. The van der Waals surface area contributed by atoms with Crippen LogP contribution in [-0.4, -0.2) is 35.1 Å². The minimum atomic E-state index is -0.460. The minimum absolute atomic E-state index is 0.0121. The molecule has 8 nitrogen and oxygen atoms in total. The van der Waals surface area contributed by atoms with Crippen molar-refractivity contribution in [2.75, 3.05) is 18.5 Å². The Morgan fingerprint density at radius 2 is 2.23 bits per heavy atom. The molecule has 1 aliphatic rings. The minimum Gasteiger partial charge on any atom is -0.467 e. The van der Waals surface area contributed by atoms with Gasteiger partial charge in [-0.2, -0.15) is 0 Å². The second kappa shape index (κ2) is 8.01. The normalized spacial score (nSPS) is 16.4. The molecule has 0 bridgehead atoms. The van der Waals surface area contributed by atoms with Crippen molar-refractivity contribution < 1.29 is 18.9 Å². The van der Waals surface area contributed by atoms with Crippen LogP contribution in [-0.2, 0) is 11.3 Å². The number of rotatable bonds is 6. The maximum atomic E-state index is 12.8. The smallest absolute Gasteiger partial charge is 0.322 e. The summed E-state index contributed by atoms with van der Waals surface area (Å²) >= 11 is 0. The van der Waals surface area contributed by atoms with Crippen LogP contribution in [0.3, 0.4) is 0 Å². The summed E-state index contributed by atoms with van der Waals surface area (Å²) in [4.78, 5) is 25.0. The van der Waals surface area contributed by atoms with Crippen LogP contribution >= 0.6 is 0 Å². The Hall–Kier alpha value is -2.87. The van der Waals surface area contributed by atoms with Gasteiger partial charge in [0.25, 0.3) is 5.69 Å². The summed E-state index contributed by atoms with van der Waals surface area (Å²) in [5, 5.41) is 13.9. The van der Waals surface area contributed by atoms with E-state index < -0.39 is 4.92 Å². The van der Waals surface area contributed by atoms with E-state index in [4.69, 9.17) is 9.15 Å². The summed E-state index contributed by atoms with van der Waals surface area (Å²) in [7, 11) is 0. The highest BCUT2D eigenvalue weighted by atomic mass is 16.6. The lowest BCUT2D eigenvalue weighted by Gasteiger charge is -2.25. The number of ether oxygens (including phenoxy) is 1. The molecule has 1 aromatic carbocycles. The van der Waals surface area contributed by atoms with Gasteiger partial charge in [0.1, 0.15) is 5.76 Å². The summed E-state index contributed by atoms with van der Waals surface area (Å²) in [5.74, 6) is 0.661. The molecule has 2 heterocycles. The number of amides is 2. The van der Waals surface area contributed by atoms with Crippen LogP contribution in [0.1, 0.15) is 24.2 Å². The molecule has 1 aromatic heterocycles. The van der Waals surface area contributed by atoms with Gasteiger partial charge in [-0.25, -0.2) is 4.79 Å². The fraction of sp³-hybridized carbons (Fsp3) is 0.389. The second-order valence-corrected chi connectivity index (χ2v) is 6.23. The highest BCUT2D eigenvalue weighted by Gasteiger charge is 2.24. The Bertz CT molecular complexity index is 769. The number of nitrogens with one attached hydrogen (secondary N) is 1. The Balaban J connectivity index is 1.76. The van der Waals surface area contributed by atoms with E-state index in [2.05, 4.69) is 5.32 Å².